The second kappa shape index (κ2) is 10.1. The number of hydrogen-bond donors (Lipinski definition) is 2. The Morgan fingerprint density at radius 1 is 1.10 bits per heavy atom. The van der Waals surface area contributed by atoms with Crippen LogP contribution >= 0.6 is 12.2 Å². The van der Waals surface area contributed by atoms with Gasteiger partial charge in [-0.3, -0.25) is 4.98 Å². The fourth-order valence-corrected chi connectivity index (χ4v) is 6.14. The summed E-state index contributed by atoms with van der Waals surface area (Å²) < 4.78 is 40.1. The van der Waals surface area contributed by atoms with Crippen molar-refractivity contribution >= 4 is 34.5 Å². The maximum Gasteiger partial charge on any atom is 0.416 e. The standard InChI is InChI=1S/C29H33F3N6S/c1-16-23(10-17(14-33-16)22-9-7-20(38(4)5)13-28(22,2)3)36-27-34-15-18-11-25(39)35-24-12-19(29(30,31)32)6-8-21(24)26(18)37-27/h6,8,10,12,14-15,20,22H,7,9,11,13H2,1-5H3,(H,35,39)(H,34,36,37). The minimum atomic E-state index is -4.46. The third-order valence-electron chi connectivity index (χ3n) is 8.07. The van der Waals surface area contributed by atoms with E-state index in [4.69, 9.17) is 17.2 Å². The van der Waals surface area contributed by atoms with E-state index in [9.17, 15) is 13.2 Å². The number of nitrogens with one attached hydrogen (secondary N) is 2. The topological polar surface area (TPSA) is 66.0 Å². The van der Waals surface area contributed by atoms with Crippen LogP contribution in [0.25, 0.3) is 11.3 Å². The van der Waals surface area contributed by atoms with Crippen molar-refractivity contribution in [1.29, 1.82) is 0 Å². The van der Waals surface area contributed by atoms with Crippen LogP contribution in [-0.2, 0) is 12.6 Å². The van der Waals surface area contributed by atoms with E-state index in [0.29, 0.717) is 40.6 Å². The van der Waals surface area contributed by atoms with Gasteiger partial charge in [0, 0.05) is 41.7 Å². The molecular weight excluding hydrogens is 521 g/mol. The lowest BCUT2D eigenvalue weighted by Crippen LogP contribution is -2.40. The van der Waals surface area contributed by atoms with Crippen molar-refractivity contribution in [2.24, 2.45) is 5.41 Å². The Morgan fingerprint density at radius 2 is 1.87 bits per heavy atom. The van der Waals surface area contributed by atoms with Crippen molar-refractivity contribution in [2.75, 3.05) is 24.7 Å². The number of pyridine rings is 1. The quantitative estimate of drug-likeness (QED) is 0.333. The number of alkyl halides is 3. The van der Waals surface area contributed by atoms with Gasteiger partial charge in [0.25, 0.3) is 0 Å². The number of aromatic nitrogens is 3. The van der Waals surface area contributed by atoms with E-state index in [1.54, 1.807) is 6.20 Å². The normalized spacial score (nSPS) is 20.6. The molecule has 1 aliphatic carbocycles. The Labute approximate surface area is 232 Å². The molecule has 1 saturated carbocycles. The van der Waals surface area contributed by atoms with Gasteiger partial charge in [0.2, 0.25) is 5.95 Å². The Kier molecular flexibility index (Phi) is 7.13. The molecule has 39 heavy (non-hydrogen) atoms. The van der Waals surface area contributed by atoms with Crippen molar-refractivity contribution in [3.63, 3.8) is 0 Å². The molecule has 1 fully saturated rings. The van der Waals surface area contributed by atoms with E-state index in [1.807, 2.05) is 13.1 Å². The fraction of sp³-hybridized carbons (Fsp3) is 0.448. The molecule has 2 aromatic heterocycles. The van der Waals surface area contributed by atoms with Crippen LogP contribution in [-0.4, -0.2) is 45.0 Å². The molecule has 3 aromatic rings. The maximum absolute atomic E-state index is 13.4. The Balaban J connectivity index is 1.47. The molecule has 2 aliphatic rings. The van der Waals surface area contributed by atoms with E-state index < -0.39 is 11.7 Å². The van der Waals surface area contributed by atoms with Gasteiger partial charge in [-0.25, -0.2) is 9.97 Å². The number of thiocarbonyl (C=S) groups is 1. The minimum absolute atomic E-state index is 0.117. The Morgan fingerprint density at radius 3 is 2.56 bits per heavy atom. The van der Waals surface area contributed by atoms with E-state index in [-0.39, 0.29) is 11.1 Å². The summed E-state index contributed by atoms with van der Waals surface area (Å²) in [7, 11) is 4.29. The highest BCUT2D eigenvalue weighted by atomic mass is 32.1. The van der Waals surface area contributed by atoms with E-state index in [2.05, 4.69) is 59.5 Å². The molecule has 0 radical (unpaired) electrons. The molecule has 206 valence electrons. The van der Waals surface area contributed by atoms with Gasteiger partial charge >= 0.3 is 6.18 Å². The zero-order valence-corrected chi connectivity index (χ0v) is 23.6. The number of rotatable bonds is 4. The predicted octanol–water partition coefficient (Wildman–Crippen LogP) is 7.13. The summed E-state index contributed by atoms with van der Waals surface area (Å²) in [6, 6.07) is 6.29. The average molecular weight is 555 g/mol. The summed E-state index contributed by atoms with van der Waals surface area (Å²) in [4.78, 5) is 16.7. The predicted molar refractivity (Wildman–Crippen MR) is 152 cm³/mol. The molecule has 3 heterocycles. The van der Waals surface area contributed by atoms with Crippen LogP contribution in [0.2, 0.25) is 0 Å². The lowest BCUT2D eigenvalue weighted by molar-refractivity contribution is -0.137. The smallest absolute Gasteiger partial charge is 0.349 e. The number of benzene rings is 1. The van der Waals surface area contributed by atoms with Gasteiger partial charge in [0.15, 0.2) is 0 Å². The number of anilines is 3. The third-order valence-corrected chi connectivity index (χ3v) is 8.32. The summed E-state index contributed by atoms with van der Waals surface area (Å²) in [6.07, 6.45) is 2.87. The monoisotopic (exact) mass is 554 g/mol. The van der Waals surface area contributed by atoms with Gasteiger partial charge in [-0.05, 0) is 75.4 Å². The molecule has 6 nitrogen and oxygen atoms in total. The summed E-state index contributed by atoms with van der Waals surface area (Å²) in [5.41, 5.74) is 4.32. The maximum atomic E-state index is 13.4. The van der Waals surface area contributed by atoms with Crippen LogP contribution in [0, 0.1) is 12.3 Å². The molecule has 10 heteroatoms. The molecule has 2 unspecified atom stereocenters. The first-order valence-corrected chi connectivity index (χ1v) is 13.5. The van der Waals surface area contributed by atoms with Crippen LogP contribution in [0.4, 0.5) is 30.5 Å². The van der Waals surface area contributed by atoms with Gasteiger partial charge in [-0.2, -0.15) is 13.2 Å². The molecule has 0 amide bonds. The lowest BCUT2D eigenvalue weighted by atomic mass is 9.64. The molecule has 0 bridgehead atoms. The molecule has 1 aliphatic heterocycles. The number of nitrogens with zero attached hydrogens (tertiary/aromatic N) is 4. The molecular formula is C29H33F3N6S. The largest absolute Gasteiger partial charge is 0.416 e. The number of halogens is 3. The van der Waals surface area contributed by atoms with Crippen LogP contribution < -0.4 is 10.6 Å². The van der Waals surface area contributed by atoms with Crippen molar-refractivity contribution < 1.29 is 13.2 Å². The third kappa shape index (κ3) is 5.63. The number of hydrogen-bond acceptors (Lipinski definition) is 6. The molecule has 5 rings (SSSR count). The molecule has 0 saturated heterocycles. The van der Waals surface area contributed by atoms with Crippen LogP contribution in [0.1, 0.15) is 61.4 Å². The highest BCUT2D eigenvalue weighted by Crippen LogP contribution is 2.48. The summed E-state index contributed by atoms with van der Waals surface area (Å²) in [5.74, 6) is 0.724. The van der Waals surface area contributed by atoms with E-state index >= 15 is 0 Å². The Bertz CT molecular complexity index is 1420. The van der Waals surface area contributed by atoms with Crippen molar-refractivity contribution in [2.45, 2.75) is 64.6 Å². The zero-order valence-electron chi connectivity index (χ0n) is 22.8. The second-order valence-corrected chi connectivity index (χ2v) is 12.0. The van der Waals surface area contributed by atoms with Crippen molar-refractivity contribution in [3.05, 3.63) is 59.0 Å². The van der Waals surface area contributed by atoms with Crippen molar-refractivity contribution in [3.8, 4) is 11.3 Å². The summed E-state index contributed by atoms with van der Waals surface area (Å²) >= 11 is 5.38. The van der Waals surface area contributed by atoms with Crippen LogP contribution in [0.15, 0.2) is 36.7 Å². The zero-order chi connectivity index (χ0) is 28.1. The molecule has 2 N–H and O–H groups in total. The highest BCUT2D eigenvalue weighted by molar-refractivity contribution is 7.80. The van der Waals surface area contributed by atoms with Crippen molar-refractivity contribution in [1.82, 2.24) is 19.9 Å². The molecule has 0 spiro atoms. The SMILES string of the molecule is Cc1ncc(C2CCC(N(C)C)CC2(C)C)cc1Nc1ncc2c(n1)-c1ccc(C(F)(F)F)cc1NC(=S)C2. The fourth-order valence-electron chi connectivity index (χ4n) is 5.87. The van der Waals surface area contributed by atoms with E-state index in [0.717, 1.165) is 48.3 Å². The Hall–Kier alpha value is -3.11. The van der Waals surface area contributed by atoms with Crippen LogP contribution in [0.3, 0.4) is 0 Å². The lowest BCUT2D eigenvalue weighted by Gasteiger charge is -2.44. The summed E-state index contributed by atoms with van der Waals surface area (Å²) in [5, 5.41) is 6.28. The average Bonchev–Trinajstić information content (AvgIpc) is 2.99. The van der Waals surface area contributed by atoms with Gasteiger partial charge in [-0.1, -0.05) is 32.1 Å². The molecule has 2 atom stereocenters. The van der Waals surface area contributed by atoms with Gasteiger partial charge in [-0.15, -0.1) is 0 Å². The van der Waals surface area contributed by atoms with Gasteiger partial charge in [0.1, 0.15) is 0 Å². The minimum Gasteiger partial charge on any atom is -0.349 e. The van der Waals surface area contributed by atoms with Gasteiger partial charge < -0.3 is 15.5 Å². The molecule has 1 aromatic carbocycles. The summed E-state index contributed by atoms with van der Waals surface area (Å²) in [6.45, 7) is 6.59. The highest BCUT2D eigenvalue weighted by Gasteiger charge is 2.38. The van der Waals surface area contributed by atoms with Crippen LogP contribution in [0.5, 0.6) is 0 Å². The first-order valence-electron chi connectivity index (χ1n) is 13.1. The first-order chi connectivity index (χ1) is 18.3. The van der Waals surface area contributed by atoms with E-state index in [1.165, 1.54) is 11.6 Å². The number of fused-ring (bicyclic) bond motifs is 3. The second-order valence-electron chi connectivity index (χ2n) is 11.5. The first kappa shape index (κ1) is 27.5. The van der Waals surface area contributed by atoms with Gasteiger partial charge in [0.05, 0.1) is 27.6 Å². The number of aryl methyl sites for hydroxylation is 1.